The van der Waals surface area contributed by atoms with E-state index in [1.165, 1.54) is 23.5 Å². The summed E-state index contributed by atoms with van der Waals surface area (Å²) < 4.78 is 60.4. The summed E-state index contributed by atoms with van der Waals surface area (Å²) in [5.41, 5.74) is 11.8. The Hall–Kier alpha value is -2.18. The second-order valence-electron chi connectivity index (χ2n) is 9.98. The molecular formula is C20H24N11NaO9PS2. The molecule has 4 aromatic heterocycles. The Kier molecular flexibility index (Phi) is 8.58. The second-order valence-corrected chi connectivity index (χ2v) is 14.1. The van der Waals surface area contributed by atoms with Crippen LogP contribution in [0.1, 0.15) is 25.3 Å². The first kappa shape index (κ1) is 31.8. The number of nitrogen functional groups attached to an aromatic ring is 2. The third kappa shape index (κ3) is 6.02. The van der Waals surface area contributed by atoms with Crippen LogP contribution in [0.15, 0.2) is 23.8 Å². The van der Waals surface area contributed by atoms with Gasteiger partial charge >= 0.3 is 17.0 Å². The molecule has 0 saturated carbocycles. The van der Waals surface area contributed by atoms with Gasteiger partial charge in [-0.05, 0) is 11.8 Å². The molecule has 0 amide bonds. The average Bonchev–Trinajstić information content (AvgIpc) is 3.71. The molecule has 3 aliphatic heterocycles. The van der Waals surface area contributed by atoms with E-state index >= 15 is 0 Å². The fourth-order valence-corrected chi connectivity index (χ4v) is 7.77. The standard InChI is InChI=1S/C20H24N11O9PS2.Na/c21-15-13-16(24-5-23-15)30(6-25-13)12-2-9-11(39-12)4-36-41(33,42)40-10-1-8(3-37-43(34,35)29-9)38-19(10)31-7-26-14-17(31)27-20(22)28-18(14)32;/h5-12,19,29H,1-4H2,(H,33,42)(H2,21,23,24)(H3,22,27,28,32);/t8-,9-,10+,11+,12+,19+,41?;/m0./s1. The van der Waals surface area contributed by atoms with Crippen molar-refractivity contribution in [3.63, 3.8) is 0 Å². The van der Waals surface area contributed by atoms with Gasteiger partial charge in [-0.3, -0.25) is 23.1 Å². The maximum absolute atomic E-state index is 13.0. The van der Waals surface area contributed by atoms with Gasteiger partial charge in [0.05, 0.1) is 38.0 Å². The molecular weight excluding hydrogens is 656 g/mol. The summed E-state index contributed by atoms with van der Waals surface area (Å²) in [5.74, 6) is 0.0123. The van der Waals surface area contributed by atoms with Gasteiger partial charge in [0.1, 0.15) is 30.3 Å². The van der Waals surface area contributed by atoms with Gasteiger partial charge in [-0.25, -0.2) is 19.9 Å². The summed E-state index contributed by atoms with van der Waals surface area (Å²) in [5, 5.41) is 0. The van der Waals surface area contributed by atoms with Crippen molar-refractivity contribution in [2.24, 2.45) is 0 Å². The first-order chi connectivity index (χ1) is 20.5. The zero-order chi connectivity index (χ0) is 30.1. The van der Waals surface area contributed by atoms with E-state index in [0.717, 1.165) is 0 Å². The number of nitrogens with one attached hydrogen (secondary N) is 2. The smallest absolute Gasteiger partial charge is 0.336 e. The predicted molar refractivity (Wildman–Crippen MR) is 154 cm³/mol. The molecule has 7 rings (SSSR count). The first-order valence-electron chi connectivity index (χ1n) is 12.7. The Bertz CT molecular complexity index is 1940. The number of nitrogens with zero attached hydrogens (tertiary/aromatic N) is 7. The largest absolute Gasteiger partial charge is 0.382 e. The van der Waals surface area contributed by atoms with Crippen LogP contribution in [0.5, 0.6) is 0 Å². The van der Waals surface area contributed by atoms with Crippen molar-refractivity contribution >= 4 is 92.5 Å². The van der Waals surface area contributed by atoms with Crippen molar-refractivity contribution in [2.75, 3.05) is 24.7 Å². The molecule has 3 saturated heterocycles. The monoisotopic (exact) mass is 680 g/mol. The van der Waals surface area contributed by atoms with Crippen LogP contribution in [0.4, 0.5) is 11.8 Å². The summed E-state index contributed by atoms with van der Waals surface area (Å²) in [7, 11) is -4.34. The van der Waals surface area contributed by atoms with Crippen molar-refractivity contribution in [3.05, 3.63) is 29.3 Å². The number of imidazole rings is 2. The molecule has 7 N–H and O–H groups in total. The van der Waals surface area contributed by atoms with Crippen LogP contribution in [-0.4, -0.2) is 119 Å². The number of ether oxygens (including phenoxy) is 2. The summed E-state index contributed by atoms with van der Waals surface area (Å²) >= 11 is 5.31. The molecule has 0 aromatic carbocycles. The Morgan fingerprint density at radius 1 is 1.02 bits per heavy atom. The maximum atomic E-state index is 13.0. The Balaban J connectivity index is 0.00000343. The van der Waals surface area contributed by atoms with Crippen LogP contribution in [-0.2, 0) is 44.8 Å². The zero-order valence-corrected chi connectivity index (χ0v) is 27.3. The fourth-order valence-electron chi connectivity index (χ4n) is 5.31. The van der Waals surface area contributed by atoms with E-state index < -0.39 is 66.0 Å². The molecule has 20 nitrogen and oxygen atoms in total. The van der Waals surface area contributed by atoms with Crippen LogP contribution in [0.3, 0.4) is 0 Å². The molecule has 231 valence electrons. The Morgan fingerprint density at radius 2 is 1.80 bits per heavy atom. The Labute approximate surface area is 274 Å². The summed E-state index contributed by atoms with van der Waals surface area (Å²) in [6.45, 7) is -4.72. The van der Waals surface area contributed by atoms with Gasteiger partial charge in [0, 0.05) is 42.4 Å². The number of H-pyrrole nitrogens is 1. The number of fused-ring (bicyclic) bond motifs is 5. The van der Waals surface area contributed by atoms with Crippen LogP contribution in [0.2, 0.25) is 0 Å². The van der Waals surface area contributed by atoms with Gasteiger partial charge in [-0.15, -0.1) is 0 Å². The van der Waals surface area contributed by atoms with Gasteiger partial charge in [0.15, 0.2) is 28.9 Å². The molecule has 3 aliphatic rings. The van der Waals surface area contributed by atoms with E-state index in [2.05, 4.69) is 34.6 Å². The average molecular weight is 681 g/mol. The van der Waals surface area contributed by atoms with Crippen molar-refractivity contribution in [2.45, 2.75) is 49.7 Å². The number of anilines is 2. The molecule has 2 bridgehead atoms. The predicted octanol–water partition coefficient (Wildman–Crippen LogP) is -1.83. The third-order valence-electron chi connectivity index (χ3n) is 7.18. The van der Waals surface area contributed by atoms with E-state index in [1.54, 1.807) is 4.57 Å². The number of aromatic amines is 1. The molecule has 24 heteroatoms. The molecule has 3 fully saturated rings. The number of hydrogen-bond acceptors (Lipinski definition) is 16. The molecule has 7 atom stereocenters. The Morgan fingerprint density at radius 3 is 2.61 bits per heavy atom. The summed E-state index contributed by atoms with van der Waals surface area (Å²) in [4.78, 5) is 46.3. The minimum absolute atomic E-state index is 0. The van der Waals surface area contributed by atoms with E-state index in [9.17, 15) is 18.1 Å². The number of nitrogens with two attached hydrogens (primary N) is 2. The second kappa shape index (κ2) is 11.9. The maximum Gasteiger partial charge on any atom is 0.336 e. The molecule has 1 radical (unpaired) electrons. The quantitative estimate of drug-likeness (QED) is 0.115. The van der Waals surface area contributed by atoms with Crippen LogP contribution >= 0.6 is 6.72 Å². The van der Waals surface area contributed by atoms with Crippen LogP contribution in [0, 0.1) is 0 Å². The third-order valence-corrected chi connectivity index (χ3v) is 9.80. The SMILES string of the molecule is Nc1nc2c(ncn2[C@@H]2O[C@@H]3COS(=O)(=O)N[C@H]4C[C@H](n5cnc6c(N)ncnc65)O[C@@H]4COP(O)(=S)O[C@@H]2C3)c(=O)[nH]1.[Na]. The van der Waals surface area contributed by atoms with Gasteiger partial charge < -0.3 is 34.9 Å². The summed E-state index contributed by atoms with van der Waals surface area (Å²) in [6, 6.07) is -0.861. The molecule has 44 heavy (non-hydrogen) atoms. The molecule has 0 spiro atoms. The van der Waals surface area contributed by atoms with Crippen LogP contribution in [0.25, 0.3) is 22.3 Å². The molecule has 1 unspecified atom stereocenters. The zero-order valence-electron chi connectivity index (χ0n) is 22.8. The minimum Gasteiger partial charge on any atom is -0.382 e. The van der Waals surface area contributed by atoms with E-state index in [1.807, 2.05) is 0 Å². The van der Waals surface area contributed by atoms with Crippen molar-refractivity contribution < 1.29 is 36.0 Å². The topological polar surface area (TPSA) is 272 Å². The van der Waals surface area contributed by atoms with Crippen molar-refractivity contribution in [1.82, 2.24) is 43.8 Å². The van der Waals surface area contributed by atoms with Gasteiger partial charge in [0.2, 0.25) is 5.95 Å². The molecule has 4 aromatic rings. The van der Waals surface area contributed by atoms with E-state index in [4.69, 9.17) is 46.0 Å². The van der Waals surface area contributed by atoms with Crippen molar-refractivity contribution in [3.8, 4) is 0 Å². The minimum atomic E-state index is -4.34. The van der Waals surface area contributed by atoms with Crippen molar-refractivity contribution in [1.29, 1.82) is 0 Å². The first-order valence-corrected chi connectivity index (χ1v) is 16.7. The molecule has 7 heterocycles. The fraction of sp³-hybridized carbons (Fsp3) is 0.500. The van der Waals surface area contributed by atoms with Gasteiger partial charge in [-0.1, -0.05) is 0 Å². The molecule has 0 aliphatic carbocycles. The number of hydrogen-bond donors (Lipinski definition) is 5. The normalized spacial score (nSPS) is 32.4. The van der Waals surface area contributed by atoms with Gasteiger partial charge in [0.25, 0.3) is 5.56 Å². The van der Waals surface area contributed by atoms with Crippen LogP contribution < -0.4 is 21.7 Å². The van der Waals surface area contributed by atoms with E-state index in [-0.39, 0.29) is 71.9 Å². The van der Waals surface area contributed by atoms with Gasteiger partial charge in [-0.2, -0.15) is 18.1 Å². The number of rotatable bonds is 2. The summed E-state index contributed by atoms with van der Waals surface area (Å²) in [6.07, 6.45) is -0.360. The van der Waals surface area contributed by atoms with E-state index in [0.29, 0.717) is 11.2 Å². The number of aromatic nitrogens is 8.